The van der Waals surface area contributed by atoms with E-state index >= 15 is 0 Å². The van der Waals surface area contributed by atoms with Crippen molar-refractivity contribution in [3.05, 3.63) is 40.7 Å². The number of methoxy groups -OCH3 is 1. The Morgan fingerprint density at radius 3 is 2.80 bits per heavy atom. The van der Waals surface area contributed by atoms with Gasteiger partial charge in [0.15, 0.2) is 0 Å². The second kappa shape index (κ2) is 5.52. The topological polar surface area (TPSA) is 94.4 Å². The number of aromatic nitrogens is 1. The third-order valence-corrected chi connectivity index (χ3v) is 2.92. The lowest BCUT2D eigenvalue weighted by Gasteiger charge is -2.14. The summed E-state index contributed by atoms with van der Waals surface area (Å²) in [6.07, 6.45) is 3.01. The maximum Gasteiger partial charge on any atom is 0.327 e. The third kappa shape index (κ3) is 2.51. The molecule has 0 aliphatic rings. The summed E-state index contributed by atoms with van der Waals surface area (Å²) in [5.41, 5.74) is 0.593. The van der Waals surface area contributed by atoms with Gasteiger partial charge in [-0.2, -0.15) is 0 Å². The monoisotopic (exact) mass is 275 g/mol. The highest BCUT2D eigenvalue weighted by atomic mass is 16.6. The quantitative estimate of drug-likeness (QED) is 0.521. The second-order valence-corrected chi connectivity index (χ2v) is 4.20. The van der Waals surface area contributed by atoms with Crippen LogP contribution in [-0.2, 0) is 9.53 Å². The highest BCUT2D eigenvalue weighted by molar-refractivity contribution is 6.00. The molecule has 0 spiro atoms. The number of nitrogens with zero attached hydrogens (tertiary/aromatic N) is 2. The molecule has 7 nitrogen and oxygen atoms in total. The van der Waals surface area contributed by atoms with Crippen LogP contribution in [0, 0.1) is 10.1 Å². The van der Waals surface area contributed by atoms with E-state index in [1.54, 1.807) is 19.1 Å². The first kappa shape index (κ1) is 13.7. The molecule has 0 fully saturated rings. The first-order valence-corrected chi connectivity index (χ1v) is 5.90. The SMILES string of the molecule is COC(=O)C(C)Nc1ccc([N+](=O)[O-])c2ccncc12. The average Bonchev–Trinajstić information content (AvgIpc) is 2.46. The molecular formula is C13H13N3O4. The van der Waals surface area contributed by atoms with Gasteiger partial charge in [0, 0.05) is 29.5 Å². The van der Waals surface area contributed by atoms with Gasteiger partial charge in [0.1, 0.15) is 6.04 Å². The van der Waals surface area contributed by atoms with Crippen LogP contribution in [0.15, 0.2) is 30.6 Å². The van der Waals surface area contributed by atoms with Crippen molar-refractivity contribution in [3.63, 3.8) is 0 Å². The zero-order valence-corrected chi connectivity index (χ0v) is 11.0. The van der Waals surface area contributed by atoms with Gasteiger partial charge in [0.05, 0.1) is 17.4 Å². The number of carbonyl (C=O) groups excluding carboxylic acids is 1. The van der Waals surface area contributed by atoms with Gasteiger partial charge in [-0.05, 0) is 19.1 Å². The van der Waals surface area contributed by atoms with Crippen LogP contribution in [0.1, 0.15) is 6.92 Å². The van der Waals surface area contributed by atoms with Crippen molar-refractivity contribution in [1.82, 2.24) is 4.98 Å². The summed E-state index contributed by atoms with van der Waals surface area (Å²) in [5.74, 6) is -0.416. The van der Waals surface area contributed by atoms with E-state index in [0.717, 1.165) is 0 Å². The van der Waals surface area contributed by atoms with Crippen molar-refractivity contribution >= 4 is 28.1 Å². The Balaban J connectivity index is 2.48. The zero-order chi connectivity index (χ0) is 14.7. The molecule has 0 radical (unpaired) electrons. The lowest BCUT2D eigenvalue weighted by molar-refractivity contribution is -0.383. The number of carbonyl (C=O) groups is 1. The Bertz CT molecular complexity index is 672. The van der Waals surface area contributed by atoms with Crippen molar-refractivity contribution in [2.45, 2.75) is 13.0 Å². The van der Waals surface area contributed by atoms with Crippen LogP contribution in [0.5, 0.6) is 0 Å². The number of pyridine rings is 1. The summed E-state index contributed by atoms with van der Waals surface area (Å²) in [5, 5.41) is 15.0. The number of nitrogens with one attached hydrogen (secondary N) is 1. The molecule has 1 atom stereocenters. The zero-order valence-electron chi connectivity index (χ0n) is 11.0. The van der Waals surface area contributed by atoms with Crippen LogP contribution >= 0.6 is 0 Å². The standard InChI is InChI=1S/C13H13N3O4/c1-8(13(17)20-2)15-11-3-4-12(16(18)19)9-5-6-14-7-10(9)11/h3-8,15H,1-2H3. The maximum absolute atomic E-state index is 11.4. The first-order chi connectivity index (χ1) is 9.54. The van der Waals surface area contributed by atoms with Crippen LogP contribution in [-0.4, -0.2) is 29.0 Å². The molecule has 20 heavy (non-hydrogen) atoms. The van der Waals surface area contributed by atoms with Crippen molar-refractivity contribution in [1.29, 1.82) is 0 Å². The number of non-ortho nitro benzene ring substituents is 1. The van der Waals surface area contributed by atoms with E-state index in [2.05, 4.69) is 15.0 Å². The first-order valence-electron chi connectivity index (χ1n) is 5.90. The molecule has 1 N–H and O–H groups in total. The Kier molecular flexibility index (Phi) is 3.79. The van der Waals surface area contributed by atoms with Gasteiger partial charge in [-0.15, -0.1) is 0 Å². The molecule has 1 aromatic heterocycles. The molecule has 0 saturated carbocycles. The molecule has 0 saturated heterocycles. The second-order valence-electron chi connectivity index (χ2n) is 4.20. The summed E-state index contributed by atoms with van der Waals surface area (Å²) < 4.78 is 4.63. The van der Waals surface area contributed by atoms with Crippen molar-refractivity contribution in [2.24, 2.45) is 0 Å². The fraction of sp³-hybridized carbons (Fsp3) is 0.231. The minimum Gasteiger partial charge on any atom is -0.467 e. The average molecular weight is 275 g/mol. The Morgan fingerprint density at radius 2 is 2.15 bits per heavy atom. The molecule has 0 aliphatic carbocycles. The van der Waals surface area contributed by atoms with Crippen molar-refractivity contribution in [2.75, 3.05) is 12.4 Å². The number of fused-ring (bicyclic) bond motifs is 1. The molecule has 104 valence electrons. The number of hydrogen-bond acceptors (Lipinski definition) is 6. The molecule has 2 aromatic rings. The molecule has 2 rings (SSSR count). The van der Waals surface area contributed by atoms with E-state index in [4.69, 9.17) is 0 Å². The number of hydrogen-bond donors (Lipinski definition) is 1. The van der Waals surface area contributed by atoms with Gasteiger partial charge in [-0.25, -0.2) is 4.79 Å². The maximum atomic E-state index is 11.4. The van der Waals surface area contributed by atoms with Crippen molar-refractivity contribution in [3.8, 4) is 0 Å². The molecule has 7 heteroatoms. The van der Waals surface area contributed by atoms with Crippen LogP contribution < -0.4 is 5.32 Å². The van der Waals surface area contributed by atoms with Gasteiger partial charge in [0.25, 0.3) is 5.69 Å². The highest BCUT2D eigenvalue weighted by Gasteiger charge is 2.17. The molecule has 0 bridgehead atoms. The number of nitro benzene ring substituents is 1. The third-order valence-electron chi connectivity index (χ3n) is 2.92. The molecule has 1 unspecified atom stereocenters. The molecule has 1 aromatic carbocycles. The fourth-order valence-electron chi connectivity index (χ4n) is 1.93. The molecular weight excluding hydrogens is 262 g/mol. The molecule has 1 heterocycles. The van der Waals surface area contributed by atoms with E-state index < -0.39 is 16.9 Å². The van der Waals surface area contributed by atoms with Crippen molar-refractivity contribution < 1.29 is 14.5 Å². The number of nitro groups is 1. The smallest absolute Gasteiger partial charge is 0.327 e. The summed E-state index contributed by atoms with van der Waals surface area (Å²) in [6.45, 7) is 1.65. The number of esters is 1. The molecule has 0 aliphatic heterocycles. The van der Waals surface area contributed by atoms with E-state index in [-0.39, 0.29) is 5.69 Å². The van der Waals surface area contributed by atoms with E-state index in [1.807, 2.05) is 0 Å². The predicted octanol–water partition coefficient (Wildman–Crippen LogP) is 2.12. The normalized spacial score (nSPS) is 11.9. The number of anilines is 1. The van der Waals surface area contributed by atoms with Gasteiger partial charge in [-0.3, -0.25) is 15.1 Å². The van der Waals surface area contributed by atoms with Gasteiger partial charge < -0.3 is 10.1 Å². The van der Waals surface area contributed by atoms with Crippen LogP contribution in [0.25, 0.3) is 10.8 Å². The predicted molar refractivity (Wildman–Crippen MR) is 73.5 cm³/mol. The minimum absolute atomic E-state index is 0.00123. The number of benzene rings is 1. The summed E-state index contributed by atoms with van der Waals surface area (Å²) in [7, 11) is 1.30. The van der Waals surface area contributed by atoms with E-state index in [0.29, 0.717) is 16.5 Å². The lowest BCUT2D eigenvalue weighted by Crippen LogP contribution is -2.27. The van der Waals surface area contributed by atoms with Crippen LogP contribution in [0.3, 0.4) is 0 Å². The van der Waals surface area contributed by atoms with E-state index in [9.17, 15) is 14.9 Å². The number of ether oxygens (including phenoxy) is 1. The Hall–Kier alpha value is -2.70. The van der Waals surface area contributed by atoms with Crippen LogP contribution in [0.2, 0.25) is 0 Å². The lowest BCUT2D eigenvalue weighted by atomic mass is 10.1. The van der Waals surface area contributed by atoms with Crippen LogP contribution in [0.4, 0.5) is 11.4 Å². The minimum atomic E-state index is -0.565. The largest absolute Gasteiger partial charge is 0.467 e. The Morgan fingerprint density at radius 1 is 1.40 bits per heavy atom. The summed E-state index contributed by atoms with van der Waals surface area (Å²) in [4.78, 5) is 25.9. The Labute approximate surface area is 114 Å². The highest BCUT2D eigenvalue weighted by Crippen LogP contribution is 2.30. The molecule has 0 amide bonds. The van der Waals surface area contributed by atoms with Gasteiger partial charge >= 0.3 is 5.97 Å². The van der Waals surface area contributed by atoms with Gasteiger partial charge in [0.2, 0.25) is 0 Å². The summed E-state index contributed by atoms with van der Waals surface area (Å²) in [6, 6.07) is 3.96. The fourth-order valence-corrected chi connectivity index (χ4v) is 1.93. The number of rotatable bonds is 4. The summed E-state index contributed by atoms with van der Waals surface area (Å²) >= 11 is 0. The van der Waals surface area contributed by atoms with Gasteiger partial charge in [-0.1, -0.05) is 0 Å². The van der Waals surface area contributed by atoms with E-state index in [1.165, 1.54) is 25.6 Å².